The summed E-state index contributed by atoms with van der Waals surface area (Å²) in [6.07, 6.45) is 0.384. The van der Waals surface area contributed by atoms with Crippen molar-refractivity contribution >= 4 is 38.1 Å². The summed E-state index contributed by atoms with van der Waals surface area (Å²) in [7, 11) is -3.17. The third kappa shape index (κ3) is 4.00. The molecule has 3 aromatic rings. The number of nitrogens with zero attached hydrogens (tertiary/aromatic N) is 1. The van der Waals surface area contributed by atoms with Gasteiger partial charge >= 0.3 is 0 Å². The average molecular weight is 432 g/mol. The van der Waals surface area contributed by atoms with E-state index in [4.69, 9.17) is 4.42 Å². The second kappa shape index (κ2) is 7.42. The van der Waals surface area contributed by atoms with E-state index in [1.54, 1.807) is 6.07 Å². The zero-order valence-electron chi connectivity index (χ0n) is 16.2. The molecule has 0 radical (unpaired) electrons. The van der Waals surface area contributed by atoms with E-state index in [9.17, 15) is 18.0 Å². The first-order valence-electron chi connectivity index (χ1n) is 9.32. The van der Waals surface area contributed by atoms with Crippen molar-refractivity contribution in [1.82, 2.24) is 4.90 Å². The van der Waals surface area contributed by atoms with Gasteiger partial charge in [0, 0.05) is 17.0 Å². The van der Waals surface area contributed by atoms with E-state index in [-0.39, 0.29) is 29.2 Å². The molecule has 0 saturated carbocycles. The minimum Gasteiger partial charge on any atom is -0.451 e. The van der Waals surface area contributed by atoms with Crippen molar-refractivity contribution in [2.75, 3.05) is 11.5 Å². The van der Waals surface area contributed by atoms with E-state index in [0.717, 1.165) is 16.0 Å². The van der Waals surface area contributed by atoms with Crippen LogP contribution in [0, 0.1) is 13.8 Å². The average Bonchev–Trinajstić information content (AvgIpc) is 3.27. The van der Waals surface area contributed by atoms with Crippen LogP contribution in [-0.4, -0.2) is 36.8 Å². The Labute approximate surface area is 172 Å². The Morgan fingerprint density at radius 1 is 1.28 bits per heavy atom. The van der Waals surface area contributed by atoms with E-state index in [0.29, 0.717) is 17.4 Å². The van der Waals surface area contributed by atoms with Crippen LogP contribution in [-0.2, 0) is 16.4 Å². The standard InChI is InChI=1S/C21H21NO5S2/c1-13-8-14(2)20-17(23)10-19(27-18(20)9-13)21(24)22(11-16-4-3-6-28-16)15-5-7-29(25,26)12-15/h3-4,6,8-10,15H,5,7,11-12H2,1-2H3/t15-/m0/s1. The highest BCUT2D eigenvalue weighted by Crippen LogP contribution is 2.25. The molecule has 1 aromatic carbocycles. The molecule has 6 nitrogen and oxygen atoms in total. The number of aryl methyl sites for hydroxylation is 2. The van der Waals surface area contributed by atoms with Crippen molar-refractivity contribution in [2.45, 2.75) is 32.9 Å². The van der Waals surface area contributed by atoms with Gasteiger partial charge in [0.1, 0.15) is 5.58 Å². The number of benzene rings is 1. The largest absolute Gasteiger partial charge is 0.451 e. The van der Waals surface area contributed by atoms with Crippen LogP contribution in [0.1, 0.15) is 33.0 Å². The van der Waals surface area contributed by atoms with Crippen LogP contribution in [0.25, 0.3) is 11.0 Å². The molecular formula is C21H21NO5S2. The van der Waals surface area contributed by atoms with Gasteiger partial charge in [-0.15, -0.1) is 11.3 Å². The number of amides is 1. The molecule has 1 saturated heterocycles. The Balaban J connectivity index is 1.76. The van der Waals surface area contributed by atoms with Crippen LogP contribution in [0.15, 0.2) is 44.9 Å². The molecule has 1 amide bonds. The van der Waals surface area contributed by atoms with Gasteiger partial charge in [-0.3, -0.25) is 9.59 Å². The third-order valence-corrected chi connectivity index (χ3v) is 7.81. The molecule has 1 aliphatic heterocycles. The van der Waals surface area contributed by atoms with Gasteiger partial charge in [0.15, 0.2) is 21.0 Å². The summed E-state index contributed by atoms with van der Waals surface area (Å²) in [5, 5.41) is 2.37. The lowest BCUT2D eigenvalue weighted by Crippen LogP contribution is -2.40. The highest BCUT2D eigenvalue weighted by atomic mass is 32.2. The van der Waals surface area contributed by atoms with Crippen LogP contribution in [0.3, 0.4) is 0 Å². The SMILES string of the molecule is Cc1cc(C)c2c(=O)cc(C(=O)N(Cc3cccs3)[C@H]3CCS(=O)(=O)C3)oc2c1. The quantitative estimate of drug-likeness (QED) is 0.633. The second-order valence-corrected chi connectivity index (χ2v) is 10.8. The lowest BCUT2D eigenvalue weighted by molar-refractivity contribution is 0.0651. The molecular weight excluding hydrogens is 410 g/mol. The topological polar surface area (TPSA) is 84.7 Å². The zero-order valence-corrected chi connectivity index (χ0v) is 17.8. The number of fused-ring (bicyclic) bond motifs is 1. The fourth-order valence-electron chi connectivity index (χ4n) is 3.87. The predicted octanol–water partition coefficient (Wildman–Crippen LogP) is 3.30. The molecule has 3 heterocycles. The Kier molecular flexibility index (Phi) is 5.08. The van der Waals surface area contributed by atoms with E-state index < -0.39 is 21.8 Å². The van der Waals surface area contributed by atoms with Gasteiger partial charge in [-0.05, 0) is 48.9 Å². The maximum atomic E-state index is 13.3. The van der Waals surface area contributed by atoms with Crippen molar-refractivity contribution in [3.8, 4) is 0 Å². The van der Waals surface area contributed by atoms with Gasteiger partial charge < -0.3 is 9.32 Å². The number of rotatable bonds is 4. The maximum absolute atomic E-state index is 13.3. The molecule has 2 aromatic heterocycles. The fourth-order valence-corrected chi connectivity index (χ4v) is 6.30. The van der Waals surface area contributed by atoms with Gasteiger partial charge in [0.05, 0.1) is 23.4 Å². The van der Waals surface area contributed by atoms with Crippen LogP contribution in [0.2, 0.25) is 0 Å². The zero-order chi connectivity index (χ0) is 20.8. The van der Waals surface area contributed by atoms with Crippen LogP contribution < -0.4 is 5.43 Å². The first-order chi connectivity index (χ1) is 13.7. The molecule has 152 valence electrons. The van der Waals surface area contributed by atoms with E-state index >= 15 is 0 Å². The summed E-state index contributed by atoms with van der Waals surface area (Å²) in [4.78, 5) is 28.5. The Bertz CT molecular complexity index is 1240. The van der Waals surface area contributed by atoms with Crippen molar-refractivity contribution in [3.63, 3.8) is 0 Å². The predicted molar refractivity (Wildman–Crippen MR) is 113 cm³/mol. The monoisotopic (exact) mass is 431 g/mol. The number of carbonyl (C=O) groups is 1. The van der Waals surface area contributed by atoms with Crippen molar-refractivity contribution < 1.29 is 17.6 Å². The molecule has 8 heteroatoms. The highest BCUT2D eigenvalue weighted by molar-refractivity contribution is 7.91. The molecule has 29 heavy (non-hydrogen) atoms. The second-order valence-electron chi connectivity index (χ2n) is 7.50. The summed E-state index contributed by atoms with van der Waals surface area (Å²) in [6.45, 7) is 4.01. The first-order valence-corrected chi connectivity index (χ1v) is 12.0. The van der Waals surface area contributed by atoms with Crippen molar-refractivity contribution in [2.24, 2.45) is 0 Å². The van der Waals surface area contributed by atoms with Gasteiger partial charge in [-0.1, -0.05) is 12.1 Å². The Morgan fingerprint density at radius 2 is 2.07 bits per heavy atom. The summed E-state index contributed by atoms with van der Waals surface area (Å²) >= 11 is 1.50. The molecule has 0 aliphatic carbocycles. The third-order valence-electron chi connectivity index (χ3n) is 5.20. The van der Waals surface area contributed by atoms with Gasteiger partial charge in [0.2, 0.25) is 0 Å². The number of thiophene rings is 1. The van der Waals surface area contributed by atoms with Crippen LogP contribution in [0.5, 0.6) is 0 Å². The minimum atomic E-state index is -3.17. The number of hydrogen-bond acceptors (Lipinski definition) is 6. The fraction of sp³-hybridized carbons (Fsp3) is 0.333. The number of hydrogen-bond donors (Lipinski definition) is 0. The molecule has 0 spiro atoms. The van der Waals surface area contributed by atoms with Crippen LogP contribution >= 0.6 is 11.3 Å². The van der Waals surface area contributed by atoms with Crippen LogP contribution in [0.4, 0.5) is 0 Å². The van der Waals surface area contributed by atoms with Gasteiger partial charge in [0.25, 0.3) is 5.91 Å². The van der Waals surface area contributed by atoms with E-state index in [1.807, 2.05) is 37.4 Å². The molecule has 0 bridgehead atoms. The highest BCUT2D eigenvalue weighted by Gasteiger charge is 2.36. The first kappa shape index (κ1) is 19.8. The van der Waals surface area contributed by atoms with Gasteiger partial charge in [-0.2, -0.15) is 0 Å². The summed E-state index contributed by atoms with van der Waals surface area (Å²) in [5.74, 6) is -0.529. The number of carbonyl (C=O) groups excluding carboxylic acids is 1. The molecule has 0 unspecified atom stereocenters. The van der Waals surface area contributed by atoms with Crippen molar-refractivity contribution in [3.05, 3.63) is 67.7 Å². The van der Waals surface area contributed by atoms with E-state index in [2.05, 4.69) is 0 Å². The molecule has 4 rings (SSSR count). The Morgan fingerprint density at radius 3 is 2.72 bits per heavy atom. The molecule has 1 fully saturated rings. The lowest BCUT2D eigenvalue weighted by atomic mass is 10.1. The smallest absolute Gasteiger partial charge is 0.290 e. The molecule has 1 atom stereocenters. The molecule has 0 N–H and O–H groups in total. The summed E-state index contributed by atoms with van der Waals surface area (Å²) < 4.78 is 29.8. The maximum Gasteiger partial charge on any atom is 0.290 e. The molecule has 1 aliphatic rings. The lowest BCUT2D eigenvalue weighted by Gasteiger charge is -2.27. The van der Waals surface area contributed by atoms with E-state index in [1.165, 1.54) is 22.3 Å². The van der Waals surface area contributed by atoms with Crippen molar-refractivity contribution in [1.29, 1.82) is 0 Å². The minimum absolute atomic E-state index is 0.0615. The van der Waals surface area contributed by atoms with Gasteiger partial charge in [-0.25, -0.2) is 8.42 Å². The Hall–Kier alpha value is -2.45. The summed E-state index contributed by atoms with van der Waals surface area (Å²) in [6, 6.07) is 8.21. The summed E-state index contributed by atoms with van der Waals surface area (Å²) in [5.41, 5.74) is 1.82. The normalized spacial score (nSPS) is 18.2. The number of sulfone groups is 1.